The first-order chi connectivity index (χ1) is 13.0. The summed E-state index contributed by atoms with van der Waals surface area (Å²) < 4.78 is 5.33. The Bertz CT molecular complexity index is 774. The zero-order chi connectivity index (χ0) is 19.8. The van der Waals surface area contributed by atoms with E-state index in [4.69, 9.17) is 4.74 Å². The molecule has 0 amide bonds. The van der Waals surface area contributed by atoms with Crippen molar-refractivity contribution >= 4 is 22.9 Å². The lowest BCUT2D eigenvalue weighted by Gasteiger charge is -2.20. The fourth-order valence-electron chi connectivity index (χ4n) is 3.13. The number of ether oxygens (including phenoxy) is 1. The number of benzene rings is 1. The molecule has 0 aliphatic heterocycles. The molecule has 0 radical (unpaired) electrons. The molecule has 2 rings (SSSR count). The maximum Gasteiger partial charge on any atom is 0.334 e. The van der Waals surface area contributed by atoms with Crippen LogP contribution in [0.3, 0.4) is 0 Å². The second kappa shape index (κ2) is 9.75. The van der Waals surface area contributed by atoms with Gasteiger partial charge in [-0.3, -0.25) is 10.1 Å². The second-order valence-electron chi connectivity index (χ2n) is 6.51. The molecule has 0 aliphatic rings. The van der Waals surface area contributed by atoms with Gasteiger partial charge in [-0.25, -0.2) is 4.98 Å². The normalized spacial score (nSPS) is 10.7. The lowest BCUT2D eigenvalue weighted by Crippen LogP contribution is -2.20. The number of hydrogen-bond donors (Lipinski definition) is 2. The zero-order valence-corrected chi connectivity index (χ0v) is 16.4. The summed E-state index contributed by atoms with van der Waals surface area (Å²) in [6, 6.07) is 9.21. The summed E-state index contributed by atoms with van der Waals surface area (Å²) in [5, 5.41) is 18.3. The average molecular weight is 372 g/mol. The molecule has 0 fully saturated rings. The lowest BCUT2D eigenvalue weighted by atomic mass is 10.1. The highest BCUT2D eigenvalue weighted by Crippen LogP contribution is 2.37. The van der Waals surface area contributed by atoms with Crippen LogP contribution < -0.4 is 15.4 Å². The third kappa shape index (κ3) is 5.32. The van der Waals surface area contributed by atoms with Crippen molar-refractivity contribution in [3.8, 4) is 5.75 Å². The molecule has 0 aliphatic carbocycles. The average Bonchev–Trinajstić information content (AvgIpc) is 2.62. The summed E-state index contributed by atoms with van der Waals surface area (Å²) >= 11 is 0. The van der Waals surface area contributed by atoms with Crippen molar-refractivity contribution in [2.24, 2.45) is 0 Å². The molecule has 2 aromatic rings. The number of aromatic nitrogens is 1. The summed E-state index contributed by atoms with van der Waals surface area (Å²) in [6.07, 6.45) is 3.95. The standard InChI is InChI=1S/C20H28N4O3/c1-5-9-15(10-6-2)22-17-13-14(3)21-20(19(17)24(25)26)23-16-11-7-8-12-18(16)27-4/h7-8,11-13,15H,5-6,9-10H2,1-4H3,(H2,21,22,23). The highest BCUT2D eigenvalue weighted by Gasteiger charge is 2.25. The van der Waals surface area contributed by atoms with E-state index in [2.05, 4.69) is 29.5 Å². The first-order valence-corrected chi connectivity index (χ1v) is 9.32. The molecule has 7 nitrogen and oxygen atoms in total. The number of rotatable bonds is 10. The predicted molar refractivity (Wildman–Crippen MR) is 109 cm³/mol. The highest BCUT2D eigenvalue weighted by molar-refractivity contribution is 5.78. The molecule has 0 unspecified atom stereocenters. The van der Waals surface area contributed by atoms with Crippen molar-refractivity contribution in [2.75, 3.05) is 17.7 Å². The first kappa shape index (κ1) is 20.5. The molecule has 0 saturated heterocycles. The third-order valence-electron chi connectivity index (χ3n) is 4.30. The highest BCUT2D eigenvalue weighted by atomic mass is 16.6. The van der Waals surface area contributed by atoms with E-state index in [0.717, 1.165) is 25.7 Å². The number of pyridine rings is 1. The van der Waals surface area contributed by atoms with Gasteiger partial charge in [0.15, 0.2) is 0 Å². The van der Waals surface area contributed by atoms with Crippen molar-refractivity contribution < 1.29 is 9.66 Å². The van der Waals surface area contributed by atoms with Crippen LogP contribution in [0.25, 0.3) is 0 Å². The zero-order valence-electron chi connectivity index (χ0n) is 16.4. The Morgan fingerprint density at radius 1 is 1.19 bits per heavy atom. The lowest BCUT2D eigenvalue weighted by molar-refractivity contribution is -0.383. The topological polar surface area (TPSA) is 89.3 Å². The molecule has 1 aromatic carbocycles. The number of nitro groups is 1. The molecule has 0 saturated carbocycles. The van der Waals surface area contributed by atoms with Gasteiger partial charge in [0.25, 0.3) is 0 Å². The Morgan fingerprint density at radius 3 is 2.44 bits per heavy atom. The Morgan fingerprint density at radius 2 is 1.85 bits per heavy atom. The predicted octanol–water partition coefficient (Wildman–Crippen LogP) is 5.43. The number of hydrogen-bond acceptors (Lipinski definition) is 6. The van der Waals surface area contributed by atoms with Gasteiger partial charge in [0.05, 0.1) is 17.7 Å². The van der Waals surface area contributed by atoms with Crippen LogP contribution in [0, 0.1) is 17.0 Å². The smallest absolute Gasteiger partial charge is 0.334 e. The molecular formula is C20H28N4O3. The van der Waals surface area contributed by atoms with Crippen molar-refractivity contribution in [2.45, 2.75) is 52.5 Å². The minimum atomic E-state index is -0.387. The van der Waals surface area contributed by atoms with E-state index in [9.17, 15) is 10.1 Å². The molecule has 0 bridgehead atoms. The quantitative estimate of drug-likeness (QED) is 0.427. The van der Waals surface area contributed by atoms with Gasteiger partial charge in [-0.15, -0.1) is 0 Å². The van der Waals surface area contributed by atoms with E-state index in [0.29, 0.717) is 22.8 Å². The van der Waals surface area contributed by atoms with Gasteiger partial charge in [-0.2, -0.15) is 0 Å². The summed E-state index contributed by atoms with van der Waals surface area (Å²) in [7, 11) is 1.56. The maximum atomic E-state index is 11.9. The third-order valence-corrected chi connectivity index (χ3v) is 4.30. The molecule has 0 atom stereocenters. The Balaban J connectivity index is 2.45. The summed E-state index contributed by atoms with van der Waals surface area (Å²) in [5.41, 5.74) is 1.78. The first-order valence-electron chi connectivity index (χ1n) is 9.32. The number of aryl methyl sites for hydroxylation is 1. The van der Waals surface area contributed by atoms with E-state index >= 15 is 0 Å². The number of nitrogens with zero attached hydrogens (tertiary/aromatic N) is 2. The molecule has 1 heterocycles. The monoisotopic (exact) mass is 372 g/mol. The molecule has 146 valence electrons. The largest absolute Gasteiger partial charge is 0.495 e. The van der Waals surface area contributed by atoms with Crippen LogP contribution in [0.1, 0.15) is 45.2 Å². The van der Waals surface area contributed by atoms with E-state index in [1.807, 2.05) is 19.1 Å². The minimum Gasteiger partial charge on any atom is -0.495 e. The van der Waals surface area contributed by atoms with Gasteiger partial charge in [-0.05, 0) is 38.0 Å². The Kier molecular flexibility index (Phi) is 7.40. The van der Waals surface area contributed by atoms with Crippen LogP contribution in [0.4, 0.5) is 22.9 Å². The van der Waals surface area contributed by atoms with Crippen LogP contribution in [0.5, 0.6) is 5.75 Å². The SMILES string of the molecule is CCCC(CCC)Nc1cc(C)nc(Nc2ccccc2OC)c1[N+](=O)[O-]. The van der Waals surface area contributed by atoms with Crippen LogP contribution in [-0.2, 0) is 0 Å². The molecule has 0 spiro atoms. The van der Waals surface area contributed by atoms with Crippen molar-refractivity contribution in [3.63, 3.8) is 0 Å². The van der Waals surface area contributed by atoms with Gasteiger partial charge >= 0.3 is 5.69 Å². The summed E-state index contributed by atoms with van der Waals surface area (Å²) in [4.78, 5) is 15.8. The van der Waals surface area contributed by atoms with Gasteiger partial charge in [0, 0.05) is 11.7 Å². The molecule has 27 heavy (non-hydrogen) atoms. The van der Waals surface area contributed by atoms with Crippen LogP contribution in [0.2, 0.25) is 0 Å². The van der Waals surface area contributed by atoms with E-state index < -0.39 is 0 Å². The number of methoxy groups -OCH3 is 1. The summed E-state index contributed by atoms with van der Waals surface area (Å²) in [5.74, 6) is 0.804. The van der Waals surface area contributed by atoms with E-state index in [1.165, 1.54) is 0 Å². The van der Waals surface area contributed by atoms with Crippen molar-refractivity contribution in [1.82, 2.24) is 4.98 Å². The number of anilines is 3. The van der Waals surface area contributed by atoms with Crippen LogP contribution in [-0.4, -0.2) is 23.1 Å². The second-order valence-corrected chi connectivity index (χ2v) is 6.51. The van der Waals surface area contributed by atoms with Gasteiger partial charge in [0.2, 0.25) is 5.82 Å². The van der Waals surface area contributed by atoms with E-state index in [-0.39, 0.29) is 22.5 Å². The molecule has 2 N–H and O–H groups in total. The Labute approximate surface area is 160 Å². The molecule has 7 heteroatoms. The molecule has 1 aromatic heterocycles. The molecular weight excluding hydrogens is 344 g/mol. The Hall–Kier alpha value is -2.83. The minimum absolute atomic E-state index is 0.0521. The fraction of sp³-hybridized carbons (Fsp3) is 0.450. The van der Waals surface area contributed by atoms with Crippen molar-refractivity contribution in [1.29, 1.82) is 0 Å². The van der Waals surface area contributed by atoms with Gasteiger partial charge in [-0.1, -0.05) is 38.8 Å². The van der Waals surface area contributed by atoms with Gasteiger partial charge in [0.1, 0.15) is 11.4 Å². The number of para-hydroxylation sites is 2. The van der Waals surface area contributed by atoms with Crippen LogP contribution in [0.15, 0.2) is 30.3 Å². The summed E-state index contributed by atoms with van der Waals surface area (Å²) in [6.45, 7) is 6.06. The van der Waals surface area contributed by atoms with E-state index in [1.54, 1.807) is 25.3 Å². The fourth-order valence-corrected chi connectivity index (χ4v) is 3.13. The number of nitrogens with one attached hydrogen (secondary N) is 2. The van der Waals surface area contributed by atoms with Gasteiger partial charge < -0.3 is 15.4 Å². The van der Waals surface area contributed by atoms with Crippen molar-refractivity contribution in [3.05, 3.63) is 46.1 Å². The maximum absolute atomic E-state index is 11.9. The van der Waals surface area contributed by atoms with Crippen LogP contribution >= 0.6 is 0 Å².